The molecule has 0 saturated heterocycles. The Hall–Kier alpha value is -1.63. The minimum Gasteiger partial charge on any atom is -0.476 e. The summed E-state index contributed by atoms with van der Waals surface area (Å²) in [6.45, 7) is 0. The van der Waals surface area contributed by atoms with Crippen molar-refractivity contribution in [1.82, 2.24) is 14.6 Å². The number of hydrogen-bond donors (Lipinski definition) is 2. The highest BCUT2D eigenvalue weighted by Gasteiger charge is 2.22. The third-order valence-corrected chi connectivity index (χ3v) is 3.27. The molecule has 2 heterocycles. The predicted octanol–water partition coefficient (Wildman–Crippen LogP) is 1.76. The van der Waals surface area contributed by atoms with Gasteiger partial charge in [0.2, 0.25) is 0 Å². The molecule has 0 atom stereocenters. The molecule has 2 N–H and O–H groups in total. The van der Waals surface area contributed by atoms with Crippen LogP contribution >= 0.6 is 15.9 Å². The van der Waals surface area contributed by atoms with Crippen LogP contribution in [-0.4, -0.2) is 31.7 Å². The van der Waals surface area contributed by atoms with Gasteiger partial charge in [0.25, 0.3) is 0 Å². The van der Waals surface area contributed by atoms with E-state index in [0.717, 1.165) is 18.7 Å². The van der Waals surface area contributed by atoms with Crippen LogP contribution in [0.4, 0.5) is 5.82 Å². The number of nitrogens with zero attached hydrogens (tertiary/aromatic N) is 3. The Bertz CT molecular complexity index is 606. The first kappa shape index (κ1) is 10.5. The molecule has 1 aliphatic rings. The van der Waals surface area contributed by atoms with Gasteiger partial charge in [-0.3, -0.25) is 0 Å². The van der Waals surface area contributed by atoms with E-state index in [1.54, 1.807) is 12.1 Å². The van der Waals surface area contributed by atoms with Crippen LogP contribution < -0.4 is 5.32 Å². The van der Waals surface area contributed by atoms with E-state index < -0.39 is 5.97 Å². The summed E-state index contributed by atoms with van der Waals surface area (Å²) in [4.78, 5) is 14.9. The molecule has 0 amide bonds. The Morgan fingerprint density at radius 3 is 2.94 bits per heavy atom. The third kappa shape index (κ3) is 1.86. The molecule has 0 spiro atoms. The third-order valence-electron chi connectivity index (χ3n) is 2.55. The summed E-state index contributed by atoms with van der Waals surface area (Å²) >= 11 is 3.20. The zero-order valence-electron chi connectivity index (χ0n) is 8.72. The second kappa shape index (κ2) is 3.69. The van der Waals surface area contributed by atoms with Crippen molar-refractivity contribution in [1.29, 1.82) is 0 Å². The number of nitrogens with one attached hydrogen (secondary N) is 1. The fourth-order valence-electron chi connectivity index (χ4n) is 1.56. The van der Waals surface area contributed by atoms with Crippen molar-refractivity contribution in [3.63, 3.8) is 0 Å². The molecule has 1 aliphatic carbocycles. The van der Waals surface area contributed by atoms with E-state index in [2.05, 4.69) is 31.3 Å². The number of halogens is 1. The van der Waals surface area contributed by atoms with Crippen LogP contribution in [-0.2, 0) is 0 Å². The zero-order chi connectivity index (χ0) is 12.0. The predicted molar refractivity (Wildman–Crippen MR) is 64.3 cm³/mol. The van der Waals surface area contributed by atoms with Crippen molar-refractivity contribution in [3.8, 4) is 0 Å². The molecule has 1 saturated carbocycles. The minimum absolute atomic E-state index is 0.0268. The average molecular weight is 297 g/mol. The largest absolute Gasteiger partial charge is 0.476 e. The summed E-state index contributed by atoms with van der Waals surface area (Å²) in [5, 5.41) is 16.5. The molecule has 17 heavy (non-hydrogen) atoms. The highest BCUT2D eigenvalue weighted by molar-refractivity contribution is 9.10. The van der Waals surface area contributed by atoms with Gasteiger partial charge in [-0.1, -0.05) is 0 Å². The second-order valence-corrected chi connectivity index (χ2v) is 4.71. The number of aromatic carboxylic acids is 1. The van der Waals surface area contributed by atoms with Crippen LogP contribution in [0.1, 0.15) is 23.3 Å². The molecule has 6 nitrogen and oxygen atoms in total. The maximum atomic E-state index is 10.9. The lowest BCUT2D eigenvalue weighted by atomic mass is 10.5. The standard InChI is InChI=1S/C10H9BrN4O2/c11-9-8(10(16)17)13-7-4-3-6(14-15(7)9)12-5-1-2-5/h3-5H,1-2H2,(H,12,14)(H,16,17). The first-order chi connectivity index (χ1) is 8.15. The van der Waals surface area contributed by atoms with Gasteiger partial charge in [0.05, 0.1) is 0 Å². The Morgan fingerprint density at radius 2 is 2.29 bits per heavy atom. The van der Waals surface area contributed by atoms with Gasteiger partial charge < -0.3 is 10.4 Å². The van der Waals surface area contributed by atoms with Gasteiger partial charge in [0, 0.05) is 6.04 Å². The number of imidazole rings is 1. The van der Waals surface area contributed by atoms with E-state index in [-0.39, 0.29) is 5.69 Å². The van der Waals surface area contributed by atoms with Crippen LogP contribution in [0.3, 0.4) is 0 Å². The van der Waals surface area contributed by atoms with E-state index in [1.165, 1.54) is 4.52 Å². The summed E-state index contributed by atoms with van der Waals surface area (Å²) in [7, 11) is 0. The molecule has 3 rings (SSSR count). The van der Waals surface area contributed by atoms with Gasteiger partial charge in [-0.05, 0) is 40.9 Å². The summed E-state index contributed by atoms with van der Waals surface area (Å²) < 4.78 is 1.84. The highest BCUT2D eigenvalue weighted by Crippen LogP contribution is 2.24. The summed E-state index contributed by atoms with van der Waals surface area (Å²) in [6, 6.07) is 4.05. The van der Waals surface area contributed by atoms with Crippen molar-refractivity contribution in [2.24, 2.45) is 0 Å². The normalized spacial score (nSPS) is 15.1. The van der Waals surface area contributed by atoms with Crippen LogP contribution in [0, 0.1) is 0 Å². The van der Waals surface area contributed by atoms with Gasteiger partial charge in [-0.15, -0.1) is 5.10 Å². The van der Waals surface area contributed by atoms with E-state index in [0.29, 0.717) is 16.3 Å². The Kier molecular flexibility index (Phi) is 2.29. The lowest BCUT2D eigenvalue weighted by Crippen LogP contribution is -2.05. The number of hydrogen-bond acceptors (Lipinski definition) is 4. The Balaban J connectivity index is 2.07. The molecule has 1 fully saturated rings. The van der Waals surface area contributed by atoms with E-state index in [1.807, 2.05) is 0 Å². The van der Waals surface area contributed by atoms with Gasteiger partial charge in [0.15, 0.2) is 11.3 Å². The lowest BCUT2D eigenvalue weighted by Gasteiger charge is -2.03. The number of anilines is 1. The van der Waals surface area contributed by atoms with Crippen LogP contribution in [0.2, 0.25) is 0 Å². The van der Waals surface area contributed by atoms with Gasteiger partial charge in [0.1, 0.15) is 10.4 Å². The molecule has 2 aromatic heterocycles. The quantitative estimate of drug-likeness (QED) is 0.902. The molecule has 88 valence electrons. The van der Waals surface area contributed by atoms with Crippen LogP contribution in [0.15, 0.2) is 16.7 Å². The number of aromatic nitrogens is 3. The lowest BCUT2D eigenvalue weighted by molar-refractivity contribution is 0.0690. The van der Waals surface area contributed by atoms with Crippen molar-refractivity contribution >= 4 is 33.4 Å². The fraction of sp³-hybridized carbons (Fsp3) is 0.300. The maximum absolute atomic E-state index is 10.9. The number of fused-ring (bicyclic) bond motifs is 1. The van der Waals surface area contributed by atoms with Gasteiger partial charge in [-0.2, -0.15) is 0 Å². The maximum Gasteiger partial charge on any atom is 0.357 e. The Labute approximate surface area is 105 Å². The molecule has 0 bridgehead atoms. The summed E-state index contributed by atoms with van der Waals surface area (Å²) in [6.07, 6.45) is 2.32. The fourth-order valence-corrected chi connectivity index (χ4v) is 2.08. The molecule has 0 unspecified atom stereocenters. The zero-order valence-corrected chi connectivity index (χ0v) is 10.3. The van der Waals surface area contributed by atoms with Crippen molar-refractivity contribution in [2.45, 2.75) is 18.9 Å². The molecular weight excluding hydrogens is 288 g/mol. The average Bonchev–Trinajstić information content (AvgIpc) is 3.04. The second-order valence-electron chi connectivity index (χ2n) is 3.96. The van der Waals surface area contributed by atoms with E-state index >= 15 is 0 Å². The summed E-state index contributed by atoms with van der Waals surface area (Å²) in [5.74, 6) is -0.339. The monoisotopic (exact) mass is 296 g/mol. The Morgan fingerprint density at radius 1 is 1.53 bits per heavy atom. The first-order valence-electron chi connectivity index (χ1n) is 5.20. The van der Waals surface area contributed by atoms with E-state index in [4.69, 9.17) is 5.11 Å². The topological polar surface area (TPSA) is 79.5 Å². The molecule has 2 aromatic rings. The van der Waals surface area contributed by atoms with E-state index in [9.17, 15) is 4.79 Å². The van der Waals surface area contributed by atoms with Crippen molar-refractivity contribution < 1.29 is 9.90 Å². The number of rotatable bonds is 3. The van der Waals surface area contributed by atoms with Gasteiger partial charge >= 0.3 is 5.97 Å². The number of carbonyl (C=O) groups is 1. The number of carboxylic acid groups (broad SMARTS) is 1. The smallest absolute Gasteiger partial charge is 0.357 e. The molecule has 0 aliphatic heterocycles. The van der Waals surface area contributed by atoms with Crippen molar-refractivity contribution in [3.05, 3.63) is 22.4 Å². The van der Waals surface area contributed by atoms with Gasteiger partial charge in [-0.25, -0.2) is 14.3 Å². The SMILES string of the molecule is O=C(O)c1nc2ccc(NC3CC3)nn2c1Br. The highest BCUT2D eigenvalue weighted by atomic mass is 79.9. The van der Waals surface area contributed by atoms with Crippen LogP contribution in [0.5, 0.6) is 0 Å². The molecule has 7 heteroatoms. The van der Waals surface area contributed by atoms with Crippen LogP contribution in [0.25, 0.3) is 5.65 Å². The van der Waals surface area contributed by atoms with Crippen molar-refractivity contribution in [2.75, 3.05) is 5.32 Å². The minimum atomic E-state index is -1.07. The molecular formula is C10H9BrN4O2. The summed E-state index contributed by atoms with van der Waals surface area (Å²) in [5.41, 5.74) is 0.483. The number of carboxylic acids is 1. The first-order valence-corrected chi connectivity index (χ1v) is 5.99. The molecule has 0 aromatic carbocycles. The molecule has 0 radical (unpaired) electrons.